The fraction of sp³-hybridized carbons (Fsp3) is 0.267. The maximum atomic E-state index is 13.0. The van der Waals surface area contributed by atoms with E-state index in [2.05, 4.69) is 4.98 Å². The first-order valence-electron chi connectivity index (χ1n) is 6.42. The summed E-state index contributed by atoms with van der Waals surface area (Å²) in [7, 11) is 0. The number of ether oxygens (including phenoxy) is 1. The van der Waals surface area contributed by atoms with E-state index in [9.17, 15) is 13.2 Å². The molecule has 0 aliphatic rings. The number of nitrogens with two attached hydrogens (primary N) is 1. The molecular weight excluding hydrogens is 281 g/mol. The van der Waals surface area contributed by atoms with Crippen molar-refractivity contribution in [3.05, 3.63) is 47.3 Å². The molecule has 21 heavy (non-hydrogen) atoms. The van der Waals surface area contributed by atoms with Gasteiger partial charge in [-0.15, -0.1) is 0 Å². The molecule has 0 saturated carbocycles. The minimum Gasteiger partial charge on any atom is -0.455 e. The quantitative estimate of drug-likeness (QED) is 0.857. The zero-order chi connectivity index (χ0) is 15.6. The predicted molar refractivity (Wildman–Crippen MR) is 74.3 cm³/mol. The minimum atomic E-state index is -4.53. The van der Waals surface area contributed by atoms with Crippen LogP contribution in [0, 0.1) is 6.92 Å². The van der Waals surface area contributed by atoms with Gasteiger partial charge in [-0.3, -0.25) is 4.98 Å². The summed E-state index contributed by atoms with van der Waals surface area (Å²) < 4.78 is 44.5. The number of hydrogen-bond acceptors (Lipinski definition) is 3. The zero-order valence-electron chi connectivity index (χ0n) is 11.7. The standard InChI is InChI=1S/C15H15F3N2O/c1-3-12-14(6-4-9(2)20-12)21-13-7-5-10(19)8-11(13)15(16,17)18/h4-8H,3,19H2,1-2H3. The van der Waals surface area contributed by atoms with Gasteiger partial charge in [0.1, 0.15) is 17.1 Å². The number of aromatic nitrogens is 1. The first kappa shape index (κ1) is 15.2. The lowest BCUT2D eigenvalue weighted by Gasteiger charge is -2.16. The van der Waals surface area contributed by atoms with Gasteiger partial charge in [0.15, 0.2) is 0 Å². The molecule has 6 heteroatoms. The highest BCUT2D eigenvalue weighted by Crippen LogP contribution is 2.39. The minimum absolute atomic E-state index is 0.0346. The van der Waals surface area contributed by atoms with Gasteiger partial charge in [-0.2, -0.15) is 13.2 Å². The Hall–Kier alpha value is -2.24. The molecule has 0 aliphatic heterocycles. The average molecular weight is 296 g/mol. The summed E-state index contributed by atoms with van der Waals surface area (Å²) in [6.07, 6.45) is -3.97. The number of rotatable bonds is 3. The Morgan fingerprint density at radius 1 is 1.14 bits per heavy atom. The van der Waals surface area contributed by atoms with Crippen LogP contribution in [-0.2, 0) is 12.6 Å². The van der Waals surface area contributed by atoms with Crippen LogP contribution >= 0.6 is 0 Å². The average Bonchev–Trinajstić information content (AvgIpc) is 2.41. The monoisotopic (exact) mass is 296 g/mol. The van der Waals surface area contributed by atoms with Crippen molar-refractivity contribution in [3.8, 4) is 11.5 Å². The molecule has 1 aromatic carbocycles. The summed E-state index contributed by atoms with van der Waals surface area (Å²) in [5.41, 5.74) is 5.96. The fourth-order valence-corrected chi connectivity index (χ4v) is 1.92. The largest absolute Gasteiger partial charge is 0.455 e. The van der Waals surface area contributed by atoms with Crippen molar-refractivity contribution in [2.45, 2.75) is 26.4 Å². The summed E-state index contributed by atoms with van der Waals surface area (Å²) in [5.74, 6) is 0.0374. The Morgan fingerprint density at radius 2 is 1.81 bits per heavy atom. The molecule has 0 bridgehead atoms. The van der Waals surface area contributed by atoms with E-state index in [1.54, 1.807) is 12.1 Å². The van der Waals surface area contributed by atoms with Crippen molar-refractivity contribution in [2.24, 2.45) is 0 Å². The van der Waals surface area contributed by atoms with Gasteiger partial charge in [-0.25, -0.2) is 0 Å². The highest BCUT2D eigenvalue weighted by Gasteiger charge is 2.35. The Morgan fingerprint density at radius 3 is 2.43 bits per heavy atom. The third-order valence-electron chi connectivity index (χ3n) is 2.94. The van der Waals surface area contributed by atoms with Crippen molar-refractivity contribution >= 4 is 5.69 Å². The van der Waals surface area contributed by atoms with E-state index < -0.39 is 11.7 Å². The van der Waals surface area contributed by atoms with Crippen LogP contribution in [0.5, 0.6) is 11.5 Å². The molecule has 3 nitrogen and oxygen atoms in total. The molecule has 0 fully saturated rings. The molecule has 0 aliphatic carbocycles. The van der Waals surface area contributed by atoms with E-state index in [0.717, 1.165) is 11.8 Å². The first-order chi connectivity index (χ1) is 9.81. The van der Waals surface area contributed by atoms with Crippen molar-refractivity contribution < 1.29 is 17.9 Å². The van der Waals surface area contributed by atoms with Crippen LogP contribution in [0.1, 0.15) is 23.9 Å². The van der Waals surface area contributed by atoms with E-state index in [-0.39, 0.29) is 11.4 Å². The van der Waals surface area contributed by atoms with Crippen molar-refractivity contribution in [1.29, 1.82) is 0 Å². The van der Waals surface area contributed by atoms with Gasteiger partial charge in [0.05, 0.1) is 5.69 Å². The molecule has 2 aromatic rings. The Kier molecular flexibility index (Phi) is 4.06. The lowest BCUT2D eigenvalue weighted by Crippen LogP contribution is -2.08. The number of alkyl halides is 3. The van der Waals surface area contributed by atoms with Gasteiger partial charge in [-0.1, -0.05) is 6.92 Å². The van der Waals surface area contributed by atoms with Crippen molar-refractivity contribution in [3.63, 3.8) is 0 Å². The number of nitrogens with zero attached hydrogens (tertiary/aromatic N) is 1. The smallest absolute Gasteiger partial charge is 0.420 e. The molecule has 0 unspecified atom stereocenters. The van der Waals surface area contributed by atoms with Gasteiger partial charge in [0.2, 0.25) is 0 Å². The predicted octanol–water partition coefficient (Wildman–Crippen LogP) is 4.35. The second-order valence-corrected chi connectivity index (χ2v) is 4.61. The normalized spacial score (nSPS) is 11.5. The topological polar surface area (TPSA) is 48.1 Å². The van der Waals surface area contributed by atoms with Crippen LogP contribution in [0.25, 0.3) is 0 Å². The van der Waals surface area contributed by atoms with Crippen LogP contribution in [0.4, 0.5) is 18.9 Å². The van der Waals surface area contributed by atoms with Crippen molar-refractivity contribution in [1.82, 2.24) is 4.98 Å². The zero-order valence-corrected chi connectivity index (χ0v) is 11.7. The summed E-state index contributed by atoms with van der Waals surface area (Å²) in [6.45, 7) is 3.68. The third kappa shape index (κ3) is 3.45. The van der Waals surface area contributed by atoms with E-state index in [1.165, 1.54) is 12.1 Å². The van der Waals surface area contributed by atoms with Crippen LogP contribution < -0.4 is 10.5 Å². The number of hydrogen-bond donors (Lipinski definition) is 1. The second-order valence-electron chi connectivity index (χ2n) is 4.61. The number of nitrogen functional groups attached to an aromatic ring is 1. The van der Waals surface area contributed by atoms with Crippen LogP contribution in [0.15, 0.2) is 30.3 Å². The lowest BCUT2D eigenvalue weighted by molar-refractivity contribution is -0.138. The first-order valence-corrected chi connectivity index (χ1v) is 6.42. The number of anilines is 1. The Bertz CT molecular complexity index is 654. The molecule has 1 aromatic heterocycles. The highest BCUT2D eigenvalue weighted by atomic mass is 19.4. The second kappa shape index (κ2) is 5.63. The number of benzene rings is 1. The van der Waals surface area contributed by atoms with E-state index >= 15 is 0 Å². The van der Waals surface area contributed by atoms with E-state index in [0.29, 0.717) is 17.9 Å². The van der Waals surface area contributed by atoms with Gasteiger partial charge >= 0.3 is 6.18 Å². The molecule has 0 amide bonds. The van der Waals surface area contributed by atoms with Crippen LogP contribution in [-0.4, -0.2) is 4.98 Å². The summed E-state index contributed by atoms with van der Waals surface area (Å²) in [6, 6.07) is 6.77. The van der Waals surface area contributed by atoms with Crippen molar-refractivity contribution in [2.75, 3.05) is 5.73 Å². The highest BCUT2D eigenvalue weighted by molar-refractivity contribution is 5.50. The Labute approximate surface area is 120 Å². The number of halogens is 3. The van der Waals surface area contributed by atoms with Crippen LogP contribution in [0.2, 0.25) is 0 Å². The summed E-state index contributed by atoms with van der Waals surface area (Å²) in [5, 5.41) is 0. The Balaban J connectivity index is 2.45. The molecule has 1 heterocycles. The summed E-state index contributed by atoms with van der Waals surface area (Å²) in [4.78, 5) is 4.27. The maximum Gasteiger partial charge on any atom is 0.420 e. The van der Waals surface area contributed by atoms with Gasteiger partial charge in [0, 0.05) is 11.4 Å². The lowest BCUT2D eigenvalue weighted by atomic mass is 10.1. The third-order valence-corrected chi connectivity index (χ3v) is 2.94. The molecule has 0 saturated heterocycles. The molecular formula is C15H15F3N2O. The maximum absolute atomic E-state index is 13.0. The molecule has 2 rings (SSSR count). The molecule has 112 valence electrons. The van der Waals surface area contributed by atoms with E-state index in [4.69, 9.17) is 10.5 Å². The van der Waals surface area contributed by atoms with Crippen LogP contribution in [0.3, 0.4) is 0 Å². The van der Waals surface area contributed by atoms with Gasteiger partial charge in [-0.05, 0) is 43.7 Å². The molecule has 0 atom stereocenters. The van der Waals surface area contributed by atoms with E-state index in [1.807, 2.05) is 13.8 Å². The number of pyridine rings is 1. The SMILES string of the molecule is CCc1nc(C)ccc1Oc1ccc(N)cc1C(F)(F)F. The molecule has 0 spiro atoms. The fourth-order valence-electron chi connectivity index (χ4n) is 1.92. The van der Waals surface area contributed by atoms with Gasteiger partial charge in [0.25, 0.3) is 0 Å². The van der Waals surface area contributed by atoms with Gasteiger partial charge < -0.3 is 10.5 Å². The molecule has 2 N–H and O–H groups in total. The molecule has 0 radical (unpaired) electrons. The number of aryl methyl sites for hydroxylation is 2. The summed E-state index contributed by atoms with van der Waals surface area (Å²) >= 11 is 0.